The third-order valence-corrected chi connectivity index (χ3v) is 5.36. The van der Waals surface area contributed by atoms with E-state index in [1.54, 1.807) is 14.2 Å². The second-order valence-corrected chi connectivity index (χ2v) is 7.07. The number of rotatable bonds is 7. The Labute approximate surface area is 168 Å². The third-order valence-electron chi connectivity index (χ3n) is 4.31. The number of methoxy groups -OCH3 is 2. The van der Waals surface area contributed by atoms with Gasteiger partial charge < -0.3 is 18.8 Å². The van der Waals surface area contributed by atoms with Crippen LogP contribution in [0.5, 0.6) is 17.2 Å². The Morgan fingerprint density at radius 1 is 1.07 bits per heavy atom. The Balaban J connectivity index is 1.92. The standard InChI is InChI=1S/C21H24N2O4S/c1-5-23-16-12-17(25-3)18(26-4)13-19(16)28-21(23)22-20(24)11-14-7-9-15(10-8-14)27-6-2/h7-10,12-13H,5-6,11H2,1-4H3. The number of hydrogen-bond donors (Lipinski definition) is 0. The highest BCUT2D eigenvalue weighted by molar-refractivity contribution is 7.16. The van der Waals surface area contributed by atoms with Crippen LogP contribution in [0.15, 0.2) is 41.4 Å². The second-order valence-electron chi connectivity index (χ2n) is 6.06. The Kier molecular flexibility index (Phi) is 6.36. The van der Waals surface area contributed by atoms with Crippen molar-refractivity contribution in [3.05, 3.63) is 46.8 Å². The molecule has 148 valence electrons. The zero-order valence-electron chi connectivity index (χ0n) is 16.5. The molecular weight excluding hydrogens is 376 g/mol. The van der Waals surface area contributed by atoms with E-state index in [1.807, 2.05) is 54.8 Å². The minimum absolute atomic E-state index is 0.183. The van der Waals surface area contributed by atoms with E-state index >= 15 is 0 Å². The molecular formula is C21H24N2O4S. The fraction of sp³-hybridized carbons (Fsp3) is 0.333. The van der Waals surface area contributed by atoms with Crippen LogP contribution in [-0.2, 0) is 17.8 Å². The summed E-state index contributed by atoms with van der Waals surface area (Å²) in [6.07, 6.45) is 0.247. The molecule has 1 amide bonds. The minimum atomic E-state index is -0.183. The van der Waals surface area contributed by atoms with Crippen LogP contribution in [-0.4, -0.2) is 31.3 Å². The van der Waals surface area contributed by atoms with E-state index in [0.717, 1.165) is 21.5 Å². The van der Waals surface area contributed by atoms with E-state index in [0.29, 0.717) is 29.5 Å². The van der Waals surface area contributed by atoms with Gasteiger partial charge in [0.05, 0.1) is 37.5 Å². The molecule has 0 atom stereocenters. The SMILES string of the molecule is CCOc1ccc(CC(=O)N=c2sc3cc(OC)c(OC)cc3n2CC)cc1. The molecule has 28 heavy (non-hydrogen) atoms. The molecule has 0 fully saturated rings. The fourth-order valence-electron chi connectivity index (χ4n) is 2.98. The molecule has 0 spiro atoms. The quantitative estimate of drug-likeness (QED) is 0.605. The molecule has 0 bridgehead atoms. The lowest BCUT2D eigenvalue weighted by atomic mass is 10.1. The Hall–Kier alpha value is -2.80. The highest BCUT2D eigenvalue weighted by Gasteiger charge is 2.12. The van der Waals surface area contributed by atoms with Crippen molar-refractivity contribution in [2.24, 2.45) is 4.99 Å². The maximum Gasteiger partial charge on any atom is 0.252 e. The van der Waals surface area contributed by atoms with E-state index in [4.69, 9.17) is 14.2 Å². The van der Waals surface area contributed by atoms with Crippen molar-refractivity contribution >= 4 is 27.5 Å². The van der Waals surface area contributed by atoms with Gasteiger partial charge in [-0.05, 0) is 31.5 Å². The third kappa shape index (κ3) is 4.20. The average molecular weight is 401 g/mol. The van der Waals surface area contributed by atoms with Gasteiger partial charge in [-0.3, -0.25) is 4.79 Å². The lowest BCUT2D eigenvalue weighted by molar-refractivity contribution is -0.117. The number of aromatic nitrogens is 1. The maximum atomic E-state index is 12.5. The molecule has 1 aromatic heterocycles. The van der Waals surface area contributed by atoms with Crippen LogP contribution < -0.4 is 19.0 Å². The average Bonchev–Trinajstić information content (AvgIpc) is 3.04. The topological polar surface area (TPSA) is 62.1 Å². The summed E-state index contributed by atoms with van der Waals surface area (Å²) in [4.78, 5) is 17.6. The second kappa shape index (κ2) is 8.93. The first-order valence-electron chi connectivity index (χ1n) is 9.14. The first-order chi connectivity index (χ1) is 13.6. The molecule has 3 rings (SSSR count). The summed E-state index contributed by atoms with van der Waals surface area (Å²) in [5, 5.41) is 0. The lowest BCUT2D eigenvalue weighted by Gasteiger charge is -2.08. The summed E-state index contributed by atoms with van der Waals surface area (Å²) in [5.74, 6) is 1.93. The Morgan fingerprint density at radius 3 is 2.36 bits per heavy atom. The van der Waals surface area contributed by atoms with Gasteiger partial charge in [0.15, 0.2) is 16.3 Å². The summed E-state index contributed by atoms with van der Waals surface area (Å²) < 4.78 is 19.2. The van der Waals surface area contributed by atoms with Crippen LogP contribution in [0.25, 0.3) is 10.2 Å². The highest BCUT2D eigenvalue weighted by Crippen LogP contribution is 2.33. The first kappa shape index (κ1) is 19.9. The Morgan fingerprint density at radius 2 is 1.75 bits per heavy atom. The molecule has 6 nitrogen and oxygen atoms in total. The van der Waals surface area contributed by atoms with E-state index in [9.17, 15) is 4.79 Å². The van der Waals surface area contributed by atoms with E-state index in [-0.39, 0.29) is 12.3 Å². The predicted molar refractivity (Wildman–Crippen MR) is 110 cm³/mol. The predicted octanol–water partition coefficient (Wildman–Crippen LogP) is 3.81. The monoisotopic (exact) mass is 400 g/mol. The van der Waals surface area contributed by atoms with Crippen molar-refractivity contribution in [3.8, 4) is 17.2 Å². The largest absolute Gasteiger partial charge is 0.494 e. The van der Waals surface area contributed by atoms with Crippen molar-refractivity contribution in [2.45, 2.75) is 26.8 Å². The number of fused-ring (bicyclic) bond motifs is 1. The maximum absolute atomic E-state index is 12.5. The van der Waals surface area contributed by atoms with Gasteiger partial charge in [0.25, 0.3) is 5.91 Å². The first-order valence-corrected chi connectivity index (χ1v) is 9.95. The number of ether oxygens (including phenoxy) is 3. The zero-order chi connectivity index (χ0) is 20.1. The van der Waals surface area contributed by atoms with Gasteiger partial charge in [0.1, 0.15) is 5.75 Å². The normalized spacial score (nSPS) is 11.6. The highest BCUT2D eigenvalue weighted by atomic mass is 32.1. The fourth-order valence-corrected chi connectivity index (χ4v) is 4.10. The summed E-state index contributed by atoms with van der Waals surface area (Å²) in [7, 11) is 3.22. The zero-order valence-corrected chi connectivity index (χ0v) is 17.3. The molecule has 0 saturated heterocycles. The van der Waals surface area contributed by atoms with Gasteiger partial charge in [-0.25, -0.2) is 0 Å². The molecule has 0 radical (unpaired) electrons. The molecule has 0 aliphatic rings. The molecule has 0 aliphatic carbocycles. The molecule has 3 aromatic rings. The van der Waals surface area contributed by atoms with Gasteiger partial charge in [-0.2, -0.15) is 4.99 Å². The number of carbonyl (C=O) groups is 1. The van der Waals surface area contributed by atoms with Crippen molar-refractivity contribution in [1.29, 1.82) is 0 Å². The number of benzene rings is 2. The number of thiazole rings is 1. The smallest absolute Gasteiger partial charge is 0.252 e. The van der Waals surface area contributed by atoms with E-state index in [2.05, 4.69) is 4.99 Å². The summed E-state index contributed by atoms with van der Waals surface area (Å²) in [6.45, 7) is 5.28. The lowest BCUT2D eigenvalue weighted by Crippen LogP contribution is -2.16. The van der Waals surface area contributed by atoms with Gasteiger partial charge in [0.2, 0.25) is 0 Å². The van der Waals surface area contributed by atoms with Crippen LogP contribution in [0.2, 0.25) is 0 Å². The van der Waals surface area contributed by atoms with E-state index in [1.165, 1.54) is 11.3 Å². The van der Waals surface area contributed by atoms with Crippen LogP contribution in [0.1, 0.15) is 19.4 Å². The van der Waals surface area contributed by atoms with Crippen molar-refractivity contribution in [2.75, 3.05) is 20.8 Å². The molecule has 7 heteroatoms. The van der Waals surface area contributed by atoms with Gasteiger partial charge in [-0.15, -0.1) is 0 Å². The van der Waals surface area contributed by atoms with Gasteiger partial charge in [0, 0.05) is 18.7 Å². The molecule has 2 aromatic carbocycles. The molecule has 1 heterocycles. The van der Waals surface area contributed by atoms with Crippen LogP contribution >= 0.6 is 11.3 Å². The van der Waals surface area contributed by atoms with Crippen LogP contribution in [0.4, 0.5) is 0 Å². The number of nitrogens with zero attached hydrogens (tertiary/aromatic N) is 2. The molecule has 0 N–H and O–H groups in total. The molecule has 0 unspecified atom stereocenters. The van der Waals surface area contributed by atoms with Crippen LogP contribution in [0, 0.1) is 0 Å². The number of aryl methyl sites for hydroxylation is 1. The Bertz CT molecular complexity index is 1030. The number of carbonyl (C=O) groups excluding carboxylic acids is 1. The summed E-state index contributed by atoms with van der Waals surface area (Å²) >= 11 is 1.47. The number of amides is 1. The van der Waals surface area contributed by atoms with Crippen molar-refractivity contribution < 1.29 is 19.0 Å². The summed E-state index contributed by atoms with van der Waals surface area (Å²) in [6, 6.07) is 11.4. The van der Waals surface area contributed by atoms with Gasteiger partial charge >= 0.3 is 0 Å². The van der Waals surface area contributed by atoms with Crippen molar-refractivity contribution in [3.63, 3.8) is 0 Å². The molecule has 0 aliphatic heterocycles. The van der Waals surface area contributed by atoms with Crippen molar-refractivity contribution in [1.82, 2.24) is 4.57 Å². The molecule has 0 saturated carbocycles. The minimum Gasteiger partial charge on any atom is -0.494 e. The number of hydrogen-bond acceptors (Lipinski definition) is 5. The van der Waals surface area contributed by atoms with Crippen LogP contribution in [0.3, 0.4) is 0 Å². The van der Waals surface area contributed by atoms with Gasteiger partial charge in [-0.1, -0.05) is 23.5 Å². The summed E-state index contributed by atoms with van der Waals surface area (Å²) in [5.41, 5.74) is 1.88. The van der Waals surface area contributed by atoms with E-state index < -0.39 is 0 Å².